The minimum Gasteiger partial charge on any atom is -0.379 e. The van der Waals surface area contributed by atoms with Crippen LogP contribution in [0.3, 0.4) is 0 Å². The van der Waals surface area contributed by atoms with Crippen molar-refractivity contribution >= 4 is 11.0 Å². The molecule has 0 amide bonds. The van der Waals surface area contributed by atoms with Crippen molar-refractivity contribution in [2.45, 2.75) is 31.8 Å². The highest BCUT2D eigenvalue weighted by Gasteiger charge is 2.43. The van der Waals surface area contributed by atoms with Crippen LogP contribution in [0.4, 0.5) is 0 Å². The second-order valence-corrected chi connectivity index (χ2v) is 5.08. The number of fused-ring (bicyclic) bond motifs is 1. The molecule has 3 heterocycles. The average molecular weight is 246 g/mol. The lowest BCUT2D eigenvalue weighted by Gasteiger charge is -2.26. The molecule has 2 N–H and O–H groups in total. The van der Waals surface area contributed by atoms with Crippen molar-refractivity contribution in [2.75, 3.05) is 13.2 Å². The van der Waals surface area contributed by atoms with Crippen LogP contribution in [0.1, 0.15) is 19.7 Å². The molecule has 96 valence electrons. The molecule has 1 saturated heterocycles. The molecule has 0 bridgehead atoms. The van der Waals surface area contributed by atoms with E-state index < -0.39 is 0 Å². The van der Waals surface area contributed by atoms with Crippen molar-refractivity contribution in [3.8, 4) is 0 Å². The molecule has 1 fully saturated rings. The molecule has 1 aliphatic heterocycles. The van der Waals surface area contributed by atoms with E-state index >= 15 is 0 Å². The van der Waals surface area contributed by atoms with E-state index in [0.717, 1.165) is 23.4 Å². The minimum atomic E-state index is -0.213. The zero-order chi connectivity index (χ0) is 12.8. The number of nitrogens with two attached hydrogens (primary N) is 1. The fraction of sp³-hybridized carbons (Fsp3) is 0.538. The van der Waals surface area contributed by atoms with Gasteiger partial charge in [-0.15, -0.1) is 0 Å². The maximum Gasteiger partial charge on any atom is 0.119 e. The Morgan fingerprint density at radius 3 is 3.11 bits per heavy atom. The van der Waals surface area contributed by atoms with Gasteiger partial charge in [-0.25, -0.2) is 4.98 Å². The largest absolute Gasteiger partial charge is 0.379 e. The number of aryl methyl sites for hydroxylation is 1. The highest BCUT2D eigenvalue weighted by molar-refractivity contribution is 5.75. The summed E-state index contributed by atoms with van der Waals surface area (Å²) in [6.07, 6.45) is 3.60. The number of aromatic nitrogens is 3. The number of imidazole rings is 1. The summed E-state index contributed by atoms with van der Waals surface area (Å²) in [5.74, 6) is 1.01. The first-order valence-corrected chi connectivity index (χ1v) is 6.31. The number of hydrogen-bond donors (Lipinski definition) is 1. The summed E-state index contributed by atoms with van der Waals surface area (Å²) >= 11 is 0. The molecule has 1 aliphatic rings. The third-order valence-corrected chi connectivity index (χ3v) is 3.90. The molecular weight excluding hydrogens is 228 g/mol. The van der Waals surface area contributed by atoms with Crippen LogP contribution in [0.2, 0.25) is 0 Å². The molecule has 0 aromatic carbocycles. The highest BCUT2D eigenvalue weighted by Crippen LogP contribution is 2.33. The van der Waals surface area contributed by atoms with Gasteiger partial charge < -0.3 is 15.0 Å². The normalized spacial score (nSPS) is 28.1. The van der Waals surface area contributed by atoms with Crippen molar-refractivity contribution in [3.63, 3.8) is 0 Å². The Kier molecular flexibility index (Phi) is 2.60. The molecule has 2 atom stereocenters. The maximum atomic E-state index is 6.20. The van der Waals surface area contributed by atoms with Gasteiger partial charge in [0, 0.05) is 18.8 Å². The van der Waals surface area contributed by atoms with E-state index in [0.29, 0.717) is 13.2 Å². The van der Waals surface area contributed by atoms with Crippen LogP contribution in [-0.2, 0) is 16.7 Å². The molecule has 0 radical (unpaired) electrons. The summed E-state index contributed by atoms with van der Waals surface area (Å²) < 4.78 is 7.74. The lowest BCUT2D eigenvalue weighted by molar-refractivity contribution is 0.177. The first-order chi connectivity index (χ1) is 8.66. The smallest absolute Gasteiger partial charge is 0.119 e. The van der Waals surface area contributed by atoms with Gasteiger partial charge in [-0.05, 0) is 19.9 Å². The number of rotatable bonds is 2. The van der Waals surface area contributed by atoms with Crippen LogP contribution in [0.15, 0.2) is 18.5 Å². The van der Waals surface area contributed by atoms with Crippen LogP contribution < -0.4 is 5.73 Å². The molecule has 2 aromatic heterocycles. The molecule has 5 heteroatoms. The summed E-state index contributed by atoms with van der Waals surface area (Å²) in [5, 5.41) is 0. The maximum absolute atomic E-state index is 6.20. The second kappa shape index (κ2) is 4.03. The Balaban J connectivity index is 2.22. The van der Waals surface area contributed by atoms with Gasteiger partial charge in [0.25, 0.3) is 0 Å². The third kappa shape index (κ3) is 1.47. The van der Waals surface area contributed by atoms with Crippen LogP contribution in [0.5, 0.6) is 0 Å². The molecule has 5 nitrogen and oxygen atoms in total. The molecule has 0 aliphatic carbocycles. The first-order valence-electron chi connectivity index (χ1n) is 6.31. The zero-order valence-electron chi connectivity index (χ0n) is 10.8. The average Bonchev–Trinajstić information content (AvgIpc) is 2.91. The highest BCUT2D eigenvalue weighted by atomic mass is 16.5. The quantitative estimate of drug-likeness (QED) is 0.860. The SMILES string of the molecule is CCn1c(C2(C)COCC2N)nc2cnccc21. The first kappa shape index (κ1) is 11.6. The van der Waals surface area contributed by atoms with Crippen LogP contribution in [-0.4, -0.2) is 33.8 Å². The van der Waals surface area contributed by atoms with E-state index in [9.17, 15) is 0 Å². The van der Waals surface area contributed by atoms with E-state index in [4.69, 9.17) is 15.5 Å². The Hall–Kier alpha value is -1.46. The van der Waals surface area contributed by atoms with E-state index in [2.05, 4.69) is 23.4 Å². The zero-order valence-corrected chi connectivity index (χ0v) is 10.8. The Morgan fingerprint density at radius 1 is 1.61 bits per heavy atom. The molecule has 2 aromatic rings. The van der Waals surface area contributed by atoms with Crippen molar-refractivity contribution in [3.05, 3.63) is 24.3 Å². The number of nitrogens with zero attached hydrogens (tertiary/aromatic N) is 3. The van der Waals surface area contributed by atoms with Crippen LogP contribution in [0.25, 0.3) is 11.0 Å². The number of hydrogen-bond acceptors (Lipinski definition) is 4. The van der Waals surface area contributed by atoms with Crippen LogP contribution in [0, 0.1) is 0 Å². The van der Waals surface area contributed by atoms with E-state index in [-0.39, 0.29) is 11.5 Å². The van der Waals surface area contributed by atoms with Crippen molar-refractivity contribution < 1.29 is 4.74 Å². The van der Waals surface area contributed by atoms with E-state index in [1.807, 2.05) is 6.07 Å². The lowest BCUT2D eigenvalue weighted by Crippen LogP contribution is -2.43. The molecule has 18 heavy (non-hydrogen) atoms. The predicted octanol–water partition coefficient (Wildman–Crippen LogP) is 1.07. The molecule has 0 saturated carbocycles. The van der Waals surface area contributed by atoms with E-state index in [1.165, 1.54) is 0 Å². The van der Waals surface area contributed by atoms with Gasteiger partial charge in [-0.1, -0.05) is 0 Å². The fourth-order valence-electron chi connectivity index (χ4n) is 2.66. The topological polar surface area (TPSA) is 66.0 Å². The van der Waals surface area contributed by atoms with Gasteiger partial charge in [0.05, 0.1) is 30.3 Å². The van der Waals surface area contributed by atoms with Crippen LogP contribution >= 0.6 is 0 Å². The molecule has 0 spiro atoms. The summed E-state index contributed by atoms with van der Waals surface area (Å²) in [5.41, 5.74) is 8.02. The van der Waals surface area contributed by atoms with Crippen molar-refractivity contribution in [2.24, 2.45) is 5.73 Å². The van der Waals surface area contributed by atoms with Gasteiger partial charge in [0.1, 0.15) is 11.3 Å². The van der Waals surface area contributed by atoms with Gasteiger partial charge in [-0.2, -0.15) is 0 Å². The summed E-state index contributed by atoms with van der Waals surface area (Å²) in [4.78, 5) is 8.86. The fourth-order valence-corrected chi connectivity index (χ4v) is 2.66. The Labute approximate surface area is 106 Å². The number of pyridine rings is 1. The lowest BCUT2D eigenvalue weighted by atomic mass is 9.85. The second-order valence-electron chi connectivity index (χ2n) is 5.08. The summed E-state index contributed by atoms with van der Waals surface area (Å²) in [6, 6.07) is 1.99. The standard InChI is InChI=1S/C13H18N4O/c1-3-17-10-4-5-15-6-9(10)16-12(17)13(2)8-18-7-11(13)14/h4-6,11H,3,7-8,14H2,1-2H3. The van der Waals surface area contributed by atoms with Gasteiger partial charge in [0.15, 0.2) is 0 Å². The van der Waals surface area contributed by atoms with Crippen molar-refractivity contribution in [1.82, 2.24) is 14.5 Å². The predicted molar refractivity (Wildman–Crippen MR) is 69.3 cm³/mol. The molecular formula is C13H18N4O. The third-order valence-electron chi connectivity index (χ3n) is 3.90. The monoisotopic (exact) mass is 246 g/mol. The van der Waals surface area contributed by atoms with Gasteiger partial charge in [-0.3, -0.25) is 4.98 Å². The van der Waals surface area contributed by atoms with E-state index in [1.54, 1.807) is 12.4 Å². The Bertz CT molecular complexity index is 579. The van der Waals surface area contributed by atoms with Crippen molar-refractivity contribution in [1.29, 1.82) is 0 Å². The minimum absolute atomic E-state index is 0.00688. The summed E-state index contributed by atoms with van der Waals surface area (Å²) in [7, 11) is 0. The van der Waals surface area contributed by atoms with Gasteiger partial charge >= 0.3 is 0 Å². The summed E-state index contributed by atoms with van der Waals surface area (Å²) in [6.45, 7) is 6.35. The Morgan fingerprint density at radius 2 is 2.44 bits per heavy atom. The number of ether oxygens (including phenoxy) is 1. The van der Waals surface area contributed by atoms with Gasteiger partial charge in [0.2, 0.25) is 0 Å². The molecule has 3 rings (SSSR count). The molecule has 2 unspecified atom stereocenters.